The lowest BCUT2D eigenvalue weighted by Gasteiger charge is -2.31. The Morgan fingerprint density at radius 3 is 2.65 bits per heavy atom. The van der Waals surface area contributed by atoms with Gasteiger partial charge in [-0.15, -0.1) is 0 Å². The number of nitrogens with zero attached hydrogens (tertiary/aromatic N) is 5. The molecule has 3 aromatic heterocycles. The third kappa shape index (κ3) is 3.67. The van der Waals surface area contributed by atoms with Gasteiger partial charge in [0.25, 0.3) is 5.91 Å². The van der Waals surface area contributed by atoms with E-state index in [1.165, 1.54) is 10.9 Å². The van der Waals surface area contributed by atoms with Crippen LogP contribution in [0.5, 0.6) is 0 Å². The summed E-state index contributed by atoms with van der Waals surface area (Å²) in [4.78, 5) is 24.9. The van der Waals surface area contributed by atoms with Gasteiger partial charge in [0.1, 0.15) is 5.65 Å². The average molecular weight is 415 g/mol. The Balaban J connectivity index is 1.29. The van der Waals surface area contributed by atoms with E-state index in [1.807, 2.05) is 61.7 Å². The van der Waals surface area contributed by atoms with Gasteiger partial charge >= 0.3 is 0 Å². The van der Waals surface area contributed by atoms with E-state index < -0.39 is 0 Å². The van der Waals surface area contributed by atoms with Crippen molar-refractivity contribution in [2.75, 3.05) is 32.1 Å². The van der Waals surface area contributed by atoms with E-state index in [0.717, 1.165) is 43.0 Å². The lowest BCUT2D eigenvalue weighted by Crippen LogP contribution is -2.37. The monoisotopic (exact) mass is 414 g/mol. The zero-order chi connectivity index (χ0) is 21.4. The number of pyridine rings is 1. The van der Waals surface area contributed by atoms with Crippen LogP contribution in [0.1, 0.15) is 34.7 Å². The summed E-state index contributed by atoms with van der Waals surface area (Å²) in [6.45, 7) is 1.49. The largest absolute Gasteiger partial charge is 0.376 e. The van der Waals surface area contributed by atoms with Crippen LogP contribution in [0.4, 0.5) is 5.69 Å². The number of aromatic nitrogens is 4. The van der Waals surface area contributed by atoms with Crippen LogP contribution in [0.2, 0.25) is 0 Å². The zero-order valence-electron chi connectivity index (χ0n) is 17.8. The number of benzene rings is 1. The van der Waals surface area contributed by atoms with Crippen LogP contribution in [0, 0.1) is 0 Å². The highest BCUT2D eigenvalue weighted by molar-refractivity contribution is 5.94. The number of rotatable bonds is 4. The predicted octanol–water partition coefficient (Wildman–Crippen LogP) is 3.83. The maximum absolute atomic E-state index is 13.0. The number of para-hydroxylation sites is 1. The number of carbonyl (C=O) groups excluding carboxylic acids is 1. The van der Waals surface area contributed by atoms with E-state index in [9.17, 15) is 4.79 Å². The average Bonchev–Trinajstić information content (AvgIpc) is 3.46. The van der Waals surface area contributed by atoms with Crippen molar-refractivity contribution >= 4 is 22.6 Å². The third-order valence-electron chi connectivity index (χ3n) is 6.14. The number of hydrogen-bond donors (Lipinski definition) is 1. The Hall–Kier alpha value is -3.61. The summed E-state index contributed by atoms with van der Waals surface area (Å²) in [5.74, 6) is 0.472. The second kappa shape index (κ2) is 7.91. The van der Waals surface area contributed by atoms with Gasteiger partial charge in [0.15, 0.2) is 0 Å². The molecule has 1 aliphatic rings. The number of hydrogen-bond acceptors (Lipinski definition) is 4. The summed E-state index contributed by atoms with van der Waals surface area (Å²) >= 11 is 0. The van der Waals surface area contributed by atoms with Gasteiger partial charge in [0.2, 0.25) is 0 Å². The van der Waals surface area contributed by atoms with Crippen molar-refractivity contribution in [3.63, 3.8) is 0 Å². The smallest absolute Gasteiger partial charge is 0.257 e. The first-order chi connectivity index (χ1) is 15.1. The first-order valence-corrected chi connectivity index (χ1v) is 10.6. The van der Waals surface area contributed by atoms with Gasteiger partial charge in [0, 0.05) is 45.0 Å². The molecule has 1 fully saturated rings. The van der Waals surface area contributed by atoms with Gasteiger partial charge in [-0.25, -0.2) is 9.67 Å². The van der Waals surface area contributed by atoms with Gasteiger partial charge in [-0.3, -0.25) is 4.79 Å². The van der Waals surface area contributed by atoms with Crippen molar-refractivity contribution in [3.05, 3.63) is 72.3 Å². The Bertz CT molecular complexity index is 1200. The molecule has 0 unspecified atom stereocenters. The van der Waals surface area contributed by atoms with Gasteiger partial charge in [-0.05, 0) is 42.5 Å². The molecule has 0 spiro atoms. The molecular formula is C24H26N6O. The number of amides is 1. The molecule has 4 aromatic rings. The first kappa shape index (κ1) is 19.4. The molecule has 0 saturated carbocycles. The molecule has 7 heteroatoms. The van der Waals surface area contributed by atoms with Crippen molar-refractivity contribution in [3.8, 4) is 5.69 Å². The number of nitrogens with one attached hydrogen (secondary N) is 1. The maximum Gasteiger partial charge on any atom is 0.257 e. The van der Waals surface area contributed by atoms with Crippen LogP contribution in [0.15, 0.2) is 61.2 Å². The minimum absolute atomic E-state index is 0.0520. The molecule has 1 aliphatic heterocycles. The maximum atomic E-state index is 13.0. The minimum atomic E-state index is 0.0520. The Morgan fingerprint density at radius 2 is 1.90 bits per heavy atom. The summed E-state index contributed by atoms with van der Waals surface area (Å²) in [5.41, 5.74) is 4.90. The lowest BCUT2D eigenvalue weighted by atomic mass is 9.89. The third-order valence-corrected chi connectivity index (χ3v) is 6.14. The van der Waals surface area contributed by atoms with Crippen molar-refractivity contribution in [1.29, 1.82) is 0 Å². The fraction of sp³-hybridized carbons (Fsp3) is 0.292. The number of carbonyl (C=O) groups is 1. The molecule has 1 N–H and O–H groups in total. The van der Waals surface area contributed by atoms with E-state index in [4.69, 9.17) is 0 Å². The highest BCUT2D eigenvalue weighted by Gasteiger charge is 2.27. The summed E-state index contributed by atoms with van der Waals surface area (Å²) in [5, 5.41) is 5.55. The summed E-state index contributed by atoms with van der Waals surface area (Å²) in [7, 11) is 4.05. The Labute approximate surface area is 181 Å². The number of fused-ring (bicyclic) bond motifs is 1. The molecule has 7 nitrogen and oxygen atoms in total. The van der Waals surface area contributed by atoms with Gasteiger partial charge in [-0.2, -0.15) is 5.10 Å². The summed E-state index contributed by atoms with van der Waals surface area (Å²) < 4.78 is 1.75. The van der Waals surface area contributed by atoms with Crippen molar-refractivity contribution in [2.24, 2.45) is 0 Å². The van der Waals surface area contributed by atoms with Crippen LogP contribution >= 0.6 is 0 Å². The highest BCUT2D eigenvalue weighted by atomic mass is 16.2. The Kier molecular flexibility index (Phi) is 4.94. The molecule has 0 bridgehead atoms. The summed E-state index contributed by atoms with van der Waals surface area (Å²) in [6, 6.07) is 12.0. The second-order valence-electron chi connectivity index (χ2n) is 8.30. The number of H-pyrrole nitrogens is 1. The molecule has 5 rings (SSSR count). The van der Waals surface area contributed by atoms with E-state index in [1.54, 1.807) is 10.9 Å². The lowest BCUT2D eigenvalue weighted by molar-refractivity contribution is 0.0713. The summed E-state index contributed by atoms with van der Waals surface area (Å²) in [6.07, 6.45) is 9.34. The van der Waals surface area contributed by atoms with Crippen LogP contribution in [-0.4, -0.2) is 57.7 Å². The van der Waals surface area contributed by atoms with E-state index >= 15 is 0 Å². The molecule has 158 valence electrons. The molecule has 4 heterocycles. The van der Waals surface area contributed by atoms with Gasteiger partial charge in [0.05, 0.1) is 29.3 Å². The highest BCUT2D eigenvalue weighted by Crippen LogP contribution is 2.34. The van der Waals surface area contributed by atoms with Crippen molar-refractivity contribution in [1.82, 2.24) is 24.6 Å². The molecule has 0 atom stereocenters. The van der Waals surface area contributed by atoms with E-state index in [2.05, 4.69) is 32.2 Å². The number of aromatic amines is 1. The van der Waals surface area contributed by atoms with E-state index in [0.29, 0.717) is 11.5 Å². The van der Waals surface area contributed by atoms with Crippen LogP contribution in [0.3, 0.4) is 0 Å². The standard InChI is InChI=1S/C24H26N6O/c1-28(2)20-12-21-22(15-26-23(21)25-14-20)17-8-10-29(11-9-17)24(31)18-13-27-30(16-18)19-6-4-3-5-7-19/h3-7,12-17H,8-11H2,1-2H3,(H,25,26). The molecule has 1 saturated heterocycles. The number of piperidine rings is 1. The normalized spacial score (nSPS) is 14.8. The first-order valence-electron chi connectivity index (χ1n) is 10.6. The van der Waals surface area contributed by atoms with Gasteiger partial charge < -0.3 is 14.8 Å². The molecule has 0 radical (unpaired) electrons. The van der Waals surface area contributed by atoms with E-state index in [-0.39, 0.29) is 5.91 Å². The van der Waals surface area contributed by atoms with Crippen LogP contribution in [0.25, 0.3) is 16.7 Å². The predicted molar refractivity (Wildman–Crippen MR) is 122 cm³/mol. The van der Waals surface area contributed by atoms with Crippen molar-refractivity contribution < 1.29 is 4.79 Å². The quantitative estimate of drug-likeness (QED) is 0.551. The Morgan fingerprint density at radius 1 is 1.13 bits per heavy atom. The van der Waals surface area contributed by atoms with Gasteiger partial charge in [-0.1, -0.05) is 18.2 Å². The molecule has 31 heavy (non-hydrogen) atoms. The second-order valence-corrected chi connectivity index (χ2v) is 8.30. The van der Waals surface area contributed by atoms with Crippen molar-refractivity contribution in [2.45, 2.75) is 18.8 Å². The molecule has 1 aromatic carbocycles. The number of likely N-dealkylation sites (tertiary alicyclic amines) is 1. The SMILES string of the molecule is CN(C)c1cnc2[nH]cc(C3CCN(C(=O)c4cnn(-c5ccccc5)c4)CC3)c2c1. The fourth-order valence-electron chi connectivity index (χ4n) is 4.33. The molecular weight excluding hydrogens is 388 g/mol. The number of anilines is 1. The van der Waals surface area contributed by atoms with Crippen LogP contribution in [-0.2, 0) is 0 Å². The zero-order valence-corrected chi connectivity index (χ0v) is 17.8. The molecule has 1 amide bonds. The topological polar surface area (TPSA) is 70.1 Å². The molecule has 0 aliphatic carbocycles. The minimum Gasteiger partial charge on any atom is -0.376 e. The van der Waals surface area contributed by atoms with Crippen LogP contribution < -0.4 is 4.90 Å². The fourth-order valence-corrected chi connectivity index (χ4v) is 4.33.